The third kappa shape index (κ3) is 10.5. The number of anilines is 2. The van der Waals surface area contributed by atoms with Crippen LogP contribution in [0.1, 0.15) is 29.4 Å². The number of nitro benzene ring substituents is 2. The van der Waals surface area contributed by atoms with E-state index in [0.717, 1.165) is 48.5 Å². The molecule has 0 saturated carbocycles. The molecule has 0 heterocycles. The Morgan fingerprint density at radius 1 is 0.493 bits per heavy atom. The summed E-state index contributed by atoms with van der Waals surface area (Å²) in [5.41, 5.74) is 1.53. The molecular formula is C40H31CrN6O20S4+5. The Morgan fingerprint density at radius 3 is 1.15 bits per heavy atom. The van der Waals surface area contributed by atoms with Crippen molar-refractivity contribution in [3.05, 3.63) is 152 Å². The molecule has 0 amide bonds. The van der Waals surface area contributed by atoms with E-state index < -0.39 is 116 Å². The first-order chi connectivity index (χ1) is 32.6. The first-order valence-electron chi connectivity index (χ1n) is 18.7. The van der Waals surface area contributed by atoms with E-state index in [0.29, 0.717) is 12.2 Å². The van der Waals surface area contributed by atoms with E-state index in [2.05, 4.69) is 21.1 Å². The third-order valence-electron chi connectivity index (χ3n) is 10.1. The monoisotopic (exact) mass is 1090 g/mol. The summed E-state index contributed by atoms with van der Waals surface area (Å²) in [5, 5.41) is 51.4. The summed E-state index contributed by atoms with van der Waals surface area (Å²) in [5.74, 6) is -3.21. The summed E-state index contributed by atoms with van der Waals surface area (Å²) in [7, 11) is -19.3. The minimum atomic E-state index is -4.93. The van der Waals surface area contributed by atoms with Gasteiger partial charge in [-0.3, -0.25) is 58.9 Å². The van der Waals surface area contributed by atoms with Crippen molar-refractivity contribution in [2.75, 3.05) is 10.9 Å². The predicted molar refractivity (Wildman–Crippen MR) is 252 cm³/mol. The van der Waals surface area contributed by atoms with Gasteiger partial charge in [0.1, 0.15) is 42.5 Å². The van der Waals surface area contributed by atoms with Crippen LogP contribution in [0.15, 0.2) is 129 Å². The van der Waals surface area contributed by atoms with Gasteiger partial charge in [-0.2, -0.15) is 43.9 Å². The summed E-state index contributed by atoms with van der Waals surface area (Å²) < 4.78 is 132. The summed E-state index contributed by atoms with van der Waals surface area (Å²) in [6.45, 7) is 0. The number of carbonyl (C=O) groups is 2. The van der Waals surface area contributed by atoms with Crippen molar-refractivity contribution in [2.45, 2.75) is 9.79 Å². The molecule has 0 bridgehead atoms. The summed E-state index contributed by atoms with van der Waals surface area (Å²) in [6, 6.07) is 19.1. The Morgan fingerprint density at radius 2 is 0.845 bits per heavy atom. The van der Waals surface area contributed by atoms with E-state index in [-0.39, 0.29) is 79.7 Å². The Balaban J connectivity index is 0.000000704. The van der Waals surface area contributed by atoms with Crippen LogP contribution in [0.5, 0.6) is 11.5 Å². The number of ketones is 2. The van der Waals surface area contributed by atoms with Gasteiger partial charge in [0.05, 0.1) is 21.2 Å². The van der Waals surface area contributed by atoms with Crippen LogP contribution in [-0.2, 0) is 67.4 Å². The zero-order valence-electron chi connectivity index (χ0n) is 39.6. The molecular weight excluding hydrogens is 1060 g/mol. The van der Waals surface area contributed by atoms with Crippen molar-refractivity contribution >= 4 is 118 Å². The maximum atomic E-state index is 12.6. The van der Waals surface area contributed by atoms with Crippen LogP contribution in [0, 0.1) is 20.2 Å². The molecule has 31 heteroatoms. The van der Waals surface area contributed by atoms with Gasteiger partial charge >= 0.3 is 7.13 Å². The Labute approximate surface area is 415 Å². The second kappa shape index (κ2) is 19.2. The molecule has 6 aromatic rings. The molecule has 71 heavy (non-hydrogen) atoms. The Bertz CT molecular complexity index is 3740. The normalized spacial score (nSPS) is 14.9. The van der Waals surface area contributed by atoms with Crippen LogP contribution in [0.2, 0.25) is 0 Å². The quantitative estimate of drug-likeness (QED) is 0.0377. The number of nitrogens with one attached hydrogen (secondary N) is 2. The molecule has 0 radical (unpaired) electrons. The molecule has 0 atom stereocenters. The number of aromatic hydroxyl groups is 2. The number of non-ortho nitro benzene ring substituents is 2. The molecule has 0 spiro atoms. The van der Waals surface area contributed by atoms with Crippen LogP contribution in [0.25, 0.3) is 31.4 Å². The molecule has 0 saturated heterocycles. The number of fused-ring (bicyclic) bond motifs is 4. The summed E-state index contributed by atoms with van der Waals surface area (Å²) >= 11 is 0. The van der Waals surface area contributed by atoms with E-state index in [9.17, 15) is 91.9 Å². The number of allylic oxidation sites excluding steroid dienone is 2. The third-order valence-corrected chi connectivity index (χ3v) is 13.7. The van der Waals surface area contributed by atoms with Crippen LogP contribution < -0.4 is 10.9 Å². The number of hydrogen-bond acceptors (Lipinski definition) is 20. The van der Waals surface area contributed by atoms with Crippen LogP contribution >= 0.6 is 0 Å². The molecule has 8 rings (SSSR count). The number of nitro groups is 2. The largest absolute Gasteiger partial charge is 1.00 e. The fourth-order valence-electron chi connectivity index (χ4n) is 7.06. The molecule has 8 N–H and O–H groups in total. The number of hydrogen-bond donors (Lipinski definition) is 8. The van der Waals surface area contributed by atoms with Gasteiger partial charge in [0.15, 0.2) is 0 Å². The van der Waals surface area contributed by atoms with Gasteiger partial charge in [-0.15, -0.1) is 0 Å². The number of phenols is 2. The average Bonchev–Trinajstić information content (AvgIpc) is 3.27. The SMILES string of the molecule is O=C1C=C(S(=O)(=O)O)c2cc([N+](=O)[O-])ccc2C1=NNc1ccc2cccc(S(=O)(=O)O)c2c1O.O=C1C=C(S(=O)(=O)O)c2cc([N+](=O)[O-])ccc2C1=NNc1ccc2cccc(S(=O)(=O)O)c2c1O.[Cr].[H+].[H+].[H+].[H+].[H+]. The van der Waals surface area contributed by atoms with Gasteiger partial charge in [-0.05, 0) is 47.2 Å². The predicted octanol–water partition coefficient (Wildman–Crippen LogP) is 5.22. The smallest absolute Gasteiger partial charge is 0.505 e. The fraction of sp³-hybridized carbons (Fsp3) is 0. The van der Waals surface area contributed by atoms with Crippen LogP contribution in [0.4, 0.5) is 22.7 Å². The number of carbonyl (C=O) groups excluding carboxylic acids is 2. The standard InChI is InChI=1S/2C20H13N3O10S2.Cr/c2*24-15-9-17(35(31,32)33)13-8-11(23(26)27)5-6-12(13)19(15)22-21-14-7-4-10-2-1-3-16(34(28,29)30)18(10)20(14)25;/h2*1-9,21,25H,(H,28,29,30)(H,31,32,33);/p+5. The van der Waals surface area contributed by atoms with Crippen LogP contribution in [-0.4, -0.2) is 94.9 Å². The average molecular weight is 1100 g/mol. The molecule has 2 aliphatic carbocycles. The van der Waals surface area contributed by atoms with Gasteiger partial charge in [0.2, 0.25) is 11.6 Å². The van der Waals surface area contributed by atoms with Crippen molar-refractivity contribution < 1.29 is 106 Å². The number of nitrogens with zero attached hydrogens (tertiary/aromatic N) is 4. The number of hydrazone groups is 2. The van der Waals surface area contributed by atoms with Crippen molar-refractivity contribution in [1.82, 2.24) is 0 Å². The molecule has 0 aromatic heterocycles. The van der Waals surface area contributed by atoms with E-state index in [1.807, 2.05) is 0 Å². The first kappa shape index (κ1) is 52.5. The number of rotatable bonds is 10. The maximum Gasteiger partial charge on any atom is 1.00 e. The second-order valence-corrected chi connectivity index (χ2v) is 20.0. The molecule has 0 fully saturated rings. The minimum Gasteiger partial charge on any atom is -0.505 e. The van der Waals surface area contributed by atoms with E-state index in [4.69, 9.17) is 0 Å². The zero-order valence-corrected chi connectivity index (χ0v) is 39.2. The van der Waals surface area contributed by atoms with E-state index in [1.165, 1.54) is 48.5 Å². The van der Waals surface area contributed by atoms with Gasteiger partial charge in [0, 0.05) is 86.8 Å². The molecule has 0 unspecified atom stereocenters. The zero-order chi connectivity index (χ0) is 51.4. The van der Waals surface area contributed by atoms with Crippen molar-refractivity contribution in [2.24, 2.45) is 10.2 Å². The van der Waals surface area contributed by atoms with Crippen molar-refractivity contribution in [1.29, 1.82) is 0 Å². The van der Waals surface area contributed by atoms with E-state index >= 15 is 0 Å². The summed E-state index contributed by atoms with van der Waals surface area (Å²) in [6.07, 6.45) is 1.08. The first-order valence-corrected chi connectivity index (χ1v) is 24.5. The second-order valence-electron chi connectivity index (χ2n) is 14.4. The van der Waals surface area contributed by atoms with E-state index in [1.54, 1.807) is 0 Å². The van der Waals surface area contributed by atoms with Gasteiger partial charge in [-0.25, -0.2) is 0 Å². The van der Waals surface area contributed by atoms with Gasteiger partial charge in [0.25, 0.3) is 51.8 Å². The molecule has 0 aliphatic heterocycles. The maximum absolute atomic E-state index is 12.6. The summed E-state index contributed by atoms with van der Waals surface area (Å²) in [4.78, 5) is 43.0. The Hall–Kier alpha value is -7.83. The van der Waals surface area contributed by atoms with Gasteiger partial charge < -0.3 is 10.2 Å². The van der Waals surface area contributed by atoms with Crippen LogP contribution in [0.3, 0.4) is 0 Å². The topological polar surface area (TPSA) is 427 Å². The van der Waals surface area contributed by atoms with Crippen molar-refractivity contribution in [3.63, 3.8) is 0 Å². The number of benzene rings is 6. The molecule has 2 aliphatic rings. The fourth-order valence-corrected chi connectivity index (χ4v) is 9.91. The molecule has 26 nitrogen and oxygen atoms in total. The minimum absolute atomic E-state index is 0. The van der Waals surface area contributed by atoms with Gasteiger partial charge in [-0.1, -0.05) is 36.4 Å². The number of phenolic OH excluding ortho intramolecular Hbond substituents is 2. The molecule has 6 aromatic carbocycles. The molecule has 366 valence electrons. The van der Waals surface area contributed by atoms with Crippen molar-refractivity contribution in [3.8, 4) is 11.5 Å². The Kier molecular flexibility index (Phi) is 14.2.